The van der Waals surface area contributed by atoms with E-state index in [0.29, 0.717) is 11.7 Å². The number of amides is 1. The minimum absolute atomic E-state index is 0.0570. The highest BCUT2D eigenvalue weighted by Gasteiger charge is 2.34. The molecule has 0 saturated carbocycles. The fourth-order valence-corrected chi connectivity index (χ4v) is 3.45. The van der Waals surface area contributed by atoms with Gasteiger partial charge in [0.15, 0.2) is 0 Å². The van der Waals surface area contributed by atoms with Crippen LogP contribution in [0.3, 0.4) is 0 Å². The first-order valence-electron chi connectivity index (χ1n) is 6.93. The molecular formula is C16H23NOS. The summed E-state index contributed by atoms with van der Waals surface area (Å²) in [6.07, 6.45) is 2.27. The van der Waals surface area contributed by atoms with Crippen molar-refractivity contribution < 1.29 is 4.79 Å². The zero-order chi connectivity index (χ0) is 13.9. The van der Waals surface area contributed by atoms with E-state index >= 15 is 0 Å². The summed E-state index contributed by atoms with van der Waals surface area (Å²) in [6, 6.07) is 8.54. The van der Waals surface area contributed by atoms with Crippen LogP contribution in [0, 0.1) is 6.92 Å². The lowest BCUT2D eigenvalue weighted by atomic mass is 10.0. The highest BCUT2D eigenvalue weighted by molar-refractivity contribution is 7.99. The van der Waals surface area contributed by atoms with E-state index in [1.54, 1.807) is 11.8 Å². The van der Waals surface area contributed by atoms with Gasteiger partial charge in [0.1, 0.15) is 0 Å². The van der Waals surface area contributed by atoms with E-state index in [4.69, 9.17) is 0 Å². The molecule has 0 bridgehead atoms. The van der Waals surface area contributed by atoms with Gasteiger partial charge in [-0.25, -0.2) is 0 Å². The van der Waals surface area contributed by atoms with Gasteiger partial charge in [-0.15, -0.1) is 11.8 Å². The molecule has 1 aromatic carbocycles. The molecular weight excluding hydrogens is 254 g/mol. The number of likely N-dealkylation sites (tertiary alicyclic amines) is 1. The van der Waals surface area contributed by atoms with Crippen LogP contribution in [0.15, 0.2) is 24.3 Å². The average Bonchev–Trinajstić information content (AvgIpc) is 2.71. The number of carbonyl (C=O) groups excluding carboxylic acids is 1. The summed E-state index contributed by atoms with van der Waals surface area (Å²) >= 11 is 1.72. The molecule has 19 heavy (non-hydrogen) atoms. The normalized spacial score (nSPS) is 17.7. The van der Waals surface area contributed by atoms with E-state index in [2.05, 4.69) is 49.9 Å². The summed E-state index contributed by atoms with van der Waals surface area (Å²) in [4.78, 5) is 14.3. The van der Waals surface area contributed by atoms with Gasteiger partial charge in [-0.3, -0.25) is 4.79 Å². The van der Waals surface area contributed by atoms with Crippen molar-refractivity contribution in [3.63, 3.8) is 0 Å². The van der Waals surface area contributed by atoms with Crippen molar-refractivity contribution in [2.45, 2.75) is 44.9 Å². The van der Waals surface area contributed by atoms with E-state index < -0.39 is 0 Å². The number of thioether (sulfide) groups is 1. The van der Waals surface area contributed by atoms with Crippen LogP contribution in [-0.4, -0.2) is 28.6 Å². The molecule has 0 radical (unpaired) electrons. The third-order valence-corrected chi connectivity index (χ3v) is 4.81. The Balaban J connectivity index is 1.79. The number of rotatable bonds is 4. The van der Waals surface area contributed by atoms with Gasteiger partial charge in [-0.1, -0.05) is 29.8 Å². The van der Waals surface area contributed by atoms with E-state index in [1.807, 2.05) is 0 Å². The molecule has 1 heterocycles. The molecule has 1 saturated heterocycles. The molecule has 3 heteroatoms. The van der Waals surface area contributed by atoms with E-state index in [1.165, 1.54) is 11.1 Å². The van der Waals surface area contributed by atoms with Gasteiger partial charge in [-0.05, 0) is 39.2 Å². The van der Waals surface area contributed by atoms with Crippen LogP contribution in [-0.2, 0) is 10.5 Å². The molecule has 1 aliphatic heterocycles. The minimum Gasteiger partial charge on any atom is -0.337 e. The van der Waals surface area contributed by atoms with Crippen LogP contribution >= 0.6 is 11.8 Å². The molecule has 1 amide bonds. The van der Waals surface area contributed by atoms with Crippen LogP contribution in [0.1, 0.15) is 37.8 Å². The highest BCUT2D eigenvalue weighted by atomic mass is 32.2. The zero-order valence-corrected chi connectivity index (χ0v) is 12.9. The van der Waals surface area contributed by atoms with Gasteiger partial charge >= 0.3 is 0 Å². The lowest BCUT2D eigenvalue weighted by Gasteiger charge is -2.31. The zero-order valence-electron chi connectivity index (χ0n) is 12.1. The van der Waals surface area contributed by atoms with Crippen LogP contribution in [0.2, 0.25) is 0 Å². The molecule has 0 spiro atoms. The summed E-state index contributed by atoms with van der Waals surface area (Å²) in [6.45, 7) is 7.36. The van der Waals surface area contributed by atoms with Crippen LogP contribution in [0.4, 0.5) is 0 Å². The Bertz CT molecular complexity index is 439. The molecule has 104 valence electrons. The van der Waals surface area contributed by atoms with Crippen LogP contribution in [0.5, 0.6) is 0 Å². The van der Waals surface area contributed by atoms with Gasteiger partial charge in [0.2, 0.25) is 5.91 Å². The van der Waals surface area contributed by atoms with Gasteiger partial charge in [0.05, 0.1) is 5.75 Å². The Labute approximate surface area is 120 Å². The van der Waals surface area contributed by atoms with Crippen molar-refractivity contribution >= 4 is 17.7 Å². The first kappa shape index (κ1) is 14.4. The molecule has 1 fully saturated rings. The monoisotopic (exact) mass is 277 g/mol. The van der Waals surface area contributed by atoms with Crippen LogP contribution < -0.4 is 0 Å². The Hall–Kier alpha value is -0.960. The highest BCUT2D eigenvalue weighted by Crippen LogP contribution is 2.29. The fourth-order valence-electron chi connectivity index (χ4n) is 2.59. The van der Waals surface area contributed by atoms with Gasteiger partial charge < -0.3 is 4.90 Å². The quantitative estimate of drug-likeness (QED) is 0.837. The lowest BCUT2D eigenvalue weighted by Crippen LogP contribution is -2.43. The molecule has 0 atom stereocenters. The SMILES string of the molecule is Cc1ccc(CSCC(=O)N2CCCC2(C)C)cc1. The van der Waals surface area contributed by atoms with Gasteiger partial charge in [0, 0.05) is 17.8 Å². The maximum Gasteiger partial charge on any atom is 0.233 e. The van der Waals surface area contributed by atoms with E-state index in [9.17, 15) is 4.79 Å². The van der Waals surface area contributed by atoms with Gasteiger partial charge in [0.25, 0.3) is 0 Å². The Morgan fingerprint density at radius 2 is 2.00 bits per heavy atom. The maximum absolute atomic E-state index is 12.2. The minimum atomic E-state index is 0.0570. The molecule has 1 aromatic rings. The summed E-state index contributed by atoms with van der Waals surface area (Å²) in [5.74, 6) is 1.80. The van der Waals surface area contributed by atoms with Gasteiger partial charge in [-0.2, -0.15) is 0 Å². The second-order valence-corrected chi connectivity index (χ2v) is 6.93. The molecule has 2 nitrogen and oxygen atoms in total. The smallest absolute Gasteiger partial charge is 0.233 e. The molecule has 1 aliphatic rings. The molecule has 0 N–H and O–H groups in total. The molecule has 0 aliphatic carbocycles. The topological polar surface area (TPSA) is 20.3 Å². The third-order valence-electron chi connectivity index (χ3n) is 3.82. The Morgan fingerprint density at radius 3 is 2.58 bits per heavy atom. The predicted octanol–water partition coefficient (Wildman–Crippen LogP) is 3.63. The number of carbonyl (C=O) groups is 1. The molecule has 0 unspecified atom stereocenters. The molecule has 2 rings (SSSR count). The lowest BCUT2D eigenvalue weighted by molar-refractivity contribution is -0.131. The number of aryl methyl sites for hydroxylation is 1. The Kier molecular flexibility index (Phi) is 4.56. The second kappa shape index (κ2) is 6.00. The van der Waals surface area contributed by atoms with Crippen molar-refractivity contribution in [3.8, 4) is 0 Å². The van der Waals surface area contributed by atoms with Crippen LogP contribution in [0.25, 0.3) is 0 Å². The fraction of sp³-hybridized carbons (Fsp3) is 0.562. The number of hydrogen-bond acceptors (Lipinski definition) is 2. The summed E-state index contributed by atoms with van der Waals surface area (Å²) < 4.78 is 0. The first-order chi connectivity index (χ1) is 8.99. The largest absolute Gasteiger partial charge is 0.337 e. The third kappa shape index (κ3) is 3.75. The summed E-state index contributed by atoms with van der Waals surface area (Å²) in [7, 11) is 0. The van der Waals surface area contributed by atoms with E-state index in [-0.39, 0.29) is 5.54 Å². The first-order valence-corrected chi connectivity index (χ1v) is 8.08. The van der Waals surface area contributed by atoms with Crippen molar-refractivity contribution in [2.24, 2.45) is 0 Å². The molecule has 0 aromatic heterocycles. The van der Waals surface area contributed by atoms with Crippen molar-refractivity contribution in [1.29, 1.82) is 0 Å². The summed E-state index contributed by atoms with van der Waals surface area (Å²) in [5.41, 5.74) is 2.63. The predicted molar refractivity (Wildman–Crippen MR) is 82.4 cm³/mol. The van der Waals surface area contributed by atoms with Crippen molar-refractivity contribution in [2.75, 3.05) is 12.3 Å². The Morgan fingerprint density at radius 1 is 1.32 bits per heavy atom. The van der Waals surface area contributed by atoms with E-state index in [0.717, 1.165) is 25.1 Å². The van der Waals surface area contributed by atoms with Crippen molar-refractivity contribution in [3.05, 3.63) is 35.4 Å². The standard InChI is InChI=1S/C16H23NOS/c1-13-5-7-14(8-6-13)11-19-12-15(18)17-10-4-9-16(17,2)3/h5-8H,4,9-12H2,1-3H3. The number of benzene rings is 1. The number of nitrogens with zero attached hydrogens (tertiary/aromatic N) is 1. The maximum atomic E-state index is 12.2. The summed E-state index contributed by atoms with van der Waals surface area (Å²) in [5, 5.41) is 0. The number of hydrogen-bond donors (Lipinski definition) is 0. The average molecular weight is 277 g/mol. The van der Waals surface area contributed by atoms with Crippen molar-refractivity contribution in [1.82, 2.24) is 4.90 Å². The second-order valence-electron chi connectivity index (χ2n) is 5.94.